The van der Waals surface area contributed by atoms with Gasteiger partial charge >= 0.3 is 5.97 Å². The molecule has 7 nitrogen and oxygen atoms in total. The number of nitrogens with one attached hydrogen (secondary N) is 1. The first-order chi connectivity index (χ1) is 9.94. The Kier molecular flexibility index (Phi) is 4.11. The van der Waals surface area contributed by atoms with Crippen LogP contribution in [0.4, 0.5) is 0 Å². The number of hydrogen-bond donors (Lipinski definition) is 3. The fraction of sp³-hybridized carbons (Fsp3) is 0.357. The Morgan fingerprint density at radius 2 is 1.95 bits per heavy atom. The van der Waals surface area contributed by atoms with E-state index in [-0.39, 0.29) is 24.5 Å². The summed E-state index contributed by atoms with van der Waals surface area (Å²) in [5.41, 5.74) is 4.56. The van der Waals surface area contributed by atoms with Crippen LogP contribution in [0.15, 0.2) is 24.3 Å². The van der Waals surface area contributed by atoms with E-state index in [1.54, 1.807) is 12.1 Å². The molecular weight excluding hydrogens is 276 g/mol. The molecule has 1 aromatic carbocycles. The van der Waals surface area contributed by atoms with Gasteiger partial charge in [0.05, 0.1) is 11.0 Å². The van der Waals surface area contributed by atoms with Gasteiger partial charge in [-0.2, -0.15) is 0 Å². The number of aliphatic carboxylic acids is 1. The molecule has 0 spiro atoms. The zero-order valence-corrected chi connectivity index (χ0v) is 11.3. The minimum atomic E-state index is -0.900. The SMILES string of the molecule is NC(=O)c1ccccc1OCC(=O)NCC1(C(=O)O)CC1. The van der Waals surface area contributed by atoms with E-state index in [0.717, 1.165) is 0 Å². The fourth-order valence-corrected chi connectivity index (χ4v) is 1.88. The molecule has 1 aromatic rings. The van der Waals surface area contributed by atoms with Crippen LogP contribution in [0, 0.1) is 5.41 Å². The van der Waals surface area contributed by atoms with Crippen LogP contribution in [0.1, 0.15) is 23.2 Å². The summed E-state index contributed by atoms with van der Waals surface area (Å²) in [5, 5.41) is 11.5. The molecule has 0 aliphatic heterocycles. The topological polar surface area (TPSA) is 119 Å². The molecule has 0 radical (unpaired) electrons. The molecule has 1 aliphatic rings. The van der Waals surface area contributed by atoms with Crippen molar-refractivity contribution in [3.63, 3.8) is 0 Å². The molecule has 1 saturated carbocycles. The van der Waals surface area contributed by atoms with Crippen LogP contribution in [-0.4, -0.2) is 36.0 Å². The summed E-state index contributed by atoms with van der Waals surface area (Å²) in [5.74, 6) is -1.77. The lowest BCUT2D eigenvalue weighted by Crippen LogP contribution is -2.36. The summed E-state index contributed by atoms with van der Waals surface area (Å²) in [6.07, 6.45) is 1.13. The number of carboxylic acid groups (broad SMARTS) is 1. The van der Waals surface area contributed by atoms with E-state index in [2.05, 4.69) is 5.32 Å². The summed E-state index contributed by atoms with van der Waals surface area (Å²) in [4.78, 5) is 33.8. The van der Waals surface area contributed by atoms with Crippen molar-refractivity contribution in [2.24, 2.45) is 11.1 Å². The van der Waals surface area contributed by atoms with Crippen molar-refractivity contribution >= 4 is 17.8 Å². The first kappa shape index (κ1) is 14.8. The number of nitrogens with two attached hydrogens (primary N) is 1. The largest absolute Gasteiger partial charge is 0.483 e. The highest BCUT2D eigenvalue weighted by Crippen LogP contribution is 2.45. The van der Waals surface area contributed by atoms with Crippen LogP contribution >= 0.6 is 0 Å². The number of carbonyl (C=O) groups excluding carboxylic acids is 2. The van der Waals surface area contributed by atoms with Gasteiger partial charge in [-0.3, -0.25) is 14.4 Å². The number of benzene rings is 1. The number of hydrogen-bond acceptors (Lipinski definition) is 4. The third-order valence-electron chi connectivity index (χ3n) is 3.44. The number of carboxylic acids is 1. The number of ether oxygens (including phenoxy) is 1. The van der Waals surface area contributed by atoms with E-state index in [1.807, 2.05) is 0 Å². The molecule has 4 N–H and O–H groups in total. The zero-order chi connectivity index (χ0) is 15.5. The van der Waals surface area contributed by atoms with Gasteiger partial charge in [0.15, 0.2) is 6.61 Å². The maximum absolute atomic E-state index is 11.6. The van der Waals surface area contributed by atoms with Crippen molar-refractivity contribution in [2.75, 3.05) is 13.2 Å². The highest BCUT2D eigenvalue weighted by Gasteiger charge is 2.50. The van der Waals surface area contributed by atoms with E-state index in [0.29, 0.717) is 12.8 Å². The number of primary amides is 1. The second-order valence-corrected chi connectivity index (χ2v) is 5.01. The number of amides is 2. The lowest BCUT2D eigenvalue weighted by Gasteiger charge is -2.12. The van der Waals surface area contributed by atoms with Crippen molar-refractivity contribution in [3.8, 4) is 5.75 Å². The van der Waals surface area contributed by atoms with E-state index in [4.69, 9.17) is 15.6 Å². The third-order valence-corrected chi connectivity index (χ3v) is 3.44. The van der Waals surface area contributed by atoms with E-state index < -0.39 is 23.2 Å². The Balaban J connectivity index is 1.85. The number of para-hydroxylation sites is 1. The first-order valence-corrected chi connectivity index (χ1v) is 6.46. The fourth-order valence-electron chi connectivity index (χ4n) is 1.88. The molecule has 0 saturated heterocycles. The normalized spacial score (nSPS) is 15.0. The highest BCUT2D eigenvalue weighted by molar-refractivity contribution is 5.95. The zero-order valence-electron chi connectivity index (χ0n) is 11.3. The summed E-state index contributed by atoms with van der Waals surface area (Å²) in [6, 6.07) is 6.33. The number of carbonyl (C=O) groups is 3. The average molecular weight is 292 g/mol. The summed E-state index contributed by atoms with van der Waals surface area (Å²) in [6.45, 7) is -0.220. The van der Waals surface area contributed by atoms with Crippen molar-refractivity contribution in [2.45, 2.75) is 12.8 Å². The maximum atomic E-state index is 11.6. The van der Waals surface area contributed by atoms with Crippen LogP contribution in [0.5, 0.6) is 5.75 Å². The molecule has 0 heterocycles. The van der Waals surface area contributed by atoms with Crippen LogP contribution in [-0.2, 0) is 9.59 Å². The van der Waals surface area contributed by atoms with E-state index in [1.165, 1.54) is 12.1 Å². The van der Waals surface area contributed by atoms with Gasteiger partial charge in [-0.1, -0.05) is 12.1 Å². The lowest BCUT2D eigenvalue weighted by atomic mass is 10.1. The smallest absolute Gasteiger partial charge is 0.311 e. The molecular formula is C14H16N2O5. The molecule has 1 aliphatic carbocycles. The standard InChI is InChI=1S/C14H16N2O5/c15-12(18)9-3-1-2-4-10(9)21-7-11(17)16-8-14(5-6-14)13(19)20/h1-4H,5-8H2,(H2,15,18)(H,16,17)(H,19,20). The quantitative estimate of drug-likeness (QED) is 0.660. The van der Waals surface area contributed by atoms with Crippen LogP contribution in [0.2, 0.25) is 0 Å². The molecule has 0 bridgehead atoms. The monoisotopic (exact) mass is 292 g/mol. The van der Waals surface area contributed by atoms with E-state index in [9.17, 15) is 14.4 Å². The first-order valence-electron chi connectivity index (χ1n) is 6.46. The molecule has 7 heteroatoms. The Bertz CT molecular complexity index is 580. The molecule has 2 amide bonds. The molecule has 21 heavy (non-hydrogen) atoms. The number of rotatable bonds is 7. The van der Waals surface area contributed by atoms with Gasteiger partial charge in [-0.15, -0.1) is 0 Å². The predicted octanol–water partition coefficient (Wildman–Crippen LogP) is 0.145. The molecule has 2 rings (SSSR count). The van der Waals surface area contributed by atoms with Gasteiger partial charge in [0, 0.05) is 6.54 Å². The van der Waals surface area contributed by atoms with Crippen LogP contribution in [0.25, 0.3) is 0 Å². The summed E-state index contributed by atoms with van der Waals surface area (Å²) >= 11 is 0. The Morgan fingerprint density at radius 1 is 1.29 bits per heavy atom. The minimum Gasteiger partial charge on any atom is -0.483 e. The third kappa shape index (κ3) is 3.50. The molecule has 0 aromatic heterocycles. The van der Waals surface area contributed by atoms with Gasteiger partial charge in [0.25, 0.3) is 11.8 Å². The van der Waals surface area contributed by atoms with Gasteiger partial charge < -0.3 is 20.9 Å². The summed E-state index contributed by atoms with van der Waals surface area (Å²) in [7, 11) is 0. The van der Waals surface area contributed by atoms with Crippen LogP contribution < -0.4 is 15.8 Å². The van der Waals surface area contributed by atoms with Crippen LogP contribution in [0.3, 0.4) is 0 Å². The van der Waals surface area contributed by atoms with Crippen molar-refractivity contribution in [1.29, 1.82) is 0 Å². The van der Waals surface area contributed by atoms with Gasteiger partial charge in [0.1, 0.15) is 5.75 Å². The molecule has 0 unspecified atom stereocenters. The van der Waals surface area contributed by atoms with E-state index >= 15 is 0 Å². The molecule has 112 valence electrons. The van der Waals surface area contributed by atoms with Gasteiger partial charge in [-0.25, -0.2) is 0 Å². The lowest BCUT2D eigenvalue weighted by molar-refractivity contribution is -0.143. The van der Waals surface area contributed by atoms with Crippen molar-refractivity contribution in [3.05, 3.63) is 29.8 Å². The summed E-state index contributed by atoms with van der Waals surface area (Å²) < 4.78 is 5.25. The van der Waals surface area contributed by atoms with Crippen molar-refractivity contribution < 1.29 is 24.2 Å². The van der Waals surface area contributed by atoms with Gasteiger partial charge in [-0.05, 0) is 25.0 Å². The Morgan fingerprint density at radius 3 is 2.52 bits per heavy atom. The molecule has 0 atom stereocenters. The maximum Gasteiger partial charge on any atom is 0.311 e. The Labute approximate surface area is 121 Å². The van der Waals surface area contributed by atoms with Crippen molar-refractivity contribution in [1.82, 2.24) is 5.32 Å². The second kappa shape index (κ2) is 5.82. The average Bonchev–Trinajstić information content (AvgIpc) is 3.24. The molecule has 1 fully saturated rings. The minimum absolute atomic E-state index is 0.0853. The second-order valence-electron chi connectivity index (χ2n) is 5.01. The highest BCUT2D eigenvalue weighted by atomic mass is 16.5. The van der Waals surface area contributed by atoms with Gasteiger partial charge in [0.2, 0.25) is 0 Å². The Hall–Kier alpha value is -2.57. The predicted molar refractivity (Wildman–Crippen MR) is 72.8 cm³/mol.